The summed E-state index contributed by atoms with van der Waals surface area (Å²) in [4.78, 5) is 16.2. The van der Waals surface area contributed by atoms with Crippen LogP contribution in [0.5, 0.6) is 0 Å². The van der Waals surface area contributed by atoms with Crippen molar-refractivity contribution in [2.75, 3.05) is 0 Å². The van der Waals surface area contributed by atoms with E-state index in [1.807, 2.05) is 6.92 Å². The molecule has 0 aliphatic heterocycles. The van der Waals surface area contributed by atoms with E-state index >= 15 is 0 Å². The van der Waals surface area contributed by atoms with Gasteiger partial charge in [0, 0.05) is 30.3 Å². The van der Waals surface area contributed by atoms with Crippen LogP contribution in [0.2, 0.25) is 0 Å². The van der Waals surface area contributed by atoms with Crippen LogP contribution in [0.25, 0.3) is 0 Å². The molecule has 1 aliphatic carbocycles. The highest BCUT2D eigenvalue weighted by atomic mass is 32.1. The lowest BCUT2D eigenvalue weighted by molar-refractivity contribution is -0.384. The molecule has 2 aromatic rings. The number of nitro groups is 1. The van der Waals surface area contributed by atoms with Crippen molar-refractivity contribution in [1.82, 2.24) is 4.57 Å². The predicted octanol–water partition coefficient (Wildman–Crippen LogP) is 4.58. The number of hydrogen-bond donors (Lipinski definition) is 0. The summed E-state index contributed by atoms with van der Waals surface area (Å²) in [6, 6.07) is 4.83. The molecule has 1 saturated carbocycles. The Morgan fingerprint density at radius 1 is 1.35 bits per heavy atom. The number of nitrogens with zero attached hydrogens (tertiary/aromatic N) is 3. The van der Waals surface area contributed by atoms with Crippen molar-refractivity contribution in [2.24, 2.45) is 10.9 Å². The van der Waals surface area contributed by atoms with Gasteiger partial charge in [0.15, 0.2) is 4.80 Å². The molecule has 5 nitrogen and oxygen atoms in total. The van der Waals surface area contributed by atoms with E-state index in [1.165, 1.54) is 38.2 Å². The second kappa shape index (κ2) is 7.08. The first-order valence-corrected chi connectivity index (χ1v) is 8.95. The van der Waals surface area contributed by atoms with Crippen molar-refractivity contribution >= 4 is 22.7 Å². The van der Waals surface area contributed by atoms with Gasteiger partial charge in [-0.1, -0.05) is 19.3 Å². The molecule has 0 bridgehead atoms. The van der Waals surface area contributed by atoms with Gasteiger partial charge in [0.2, 0.25) is 0 Å². The lowest BCUT2D eigenvalue weighted by Crippen LogP contribution is -2.21. The Labute approximate surface area is 139 Å². The molecule has 6 heteroatoms. The molecule has 3 rings (SSSR count). The average Bonchev–Trinajstić information content (AvgIpc) is 2.97. The van der Waals surface area contributed by atoms with E-state index in [1.54, 1.807) is 23.5 Å². The molecule has 0 atom stereocenters. The molecule has 1 aromatic carbocycles. The first-order valence-electron chi connectivity index (χ1n) is 8.07. The van der Waals surface area contributed by atoms with Gasteiger partial charge in [-0.15, -0.1) is 11.3 Å². The van der Waals surface area contributed by atoms with Gasteiger partial charge in [-0.05, 0) is 37.3 Å². The summed E-state index contributed by atoms with van der Waals surface area (Å²) in [5.41, 5.74) is 1.75. The summed E-state index contributed by atoms with van der Waals surface area (Å²) in [5, 5.41) is 12.9. The molecule has 0 saturated heterocycles. The fourth-order valence-corrected chi connectivity index (χ4v) is 3.91. The van der Waals surface area contributed by atoms with Gasteiger partial charge >= 0.3 is 0 Å². The Bertz CT molecular complexity index is 757. The molecule has 1 aliphatic rings. The zero-order valence-corrected chi connectivity index (χ0v) is 14.1. The Kier molecular flexibility index (Phi) is 4.91. The molecule has 0 N–H and O–H groups in total. The number of non-ortho nitro benzene ring substituents is 1. The van der Waals surface area contributed by atoms with Gasteiger partial charge < -0.3 is 4.57 Å². The molecule has 1 fully saturated rings. The zero-order chi connectivity index (χ0) is 16.2. The fourth-order valence-electron chi connectivity index (χ4n) is 3.16. The van der Waals surface area contributed by atoms with Gasteiger partial charge in [0.05, 0.1) is 10.6 Å². The van der Waals surface area contributed by atoms with Crippen molar-refractivity contribution in [2.45, 2.75) is 45.6 Å². The monoisotopic (exact) mass is 331 g/mol. The molecule has 0 unspecified atom stereocenters. The Morgan fingerprint density at radius 2 is 2.13 bits per heavy atom. The Hall–Kier alpha value is -1.95. The SMILES string of the molecule is Cc1cc([N+](=O)[O-])ccc1N=c1sccn1CC1CCCCC1. The maximum Gasteiger partial charge on any atom is 0.269 e. The van der Waals surface area contributed by atoms with Crippen molar-refractivity contribution in [3.05, 3.63) is 50.3 Å². The van der Waals surface area contributed by atoms with E-state index in [0.29, 0.717) is 0 Å². The fraction of sp³-hybridized carbons (Fsp3) is 0.471. The van der Waals surface area contributed by atoms with Gasteiger partial charge in [0.25, 0.3) is 5.69 Å². The van der Waals surface area contributed by atoms with Crippen molar-refractivity contribution in [3.63, 3.8) is 0 Å². The number of hydrogen-bond acceptors (Lipinski definition) is 4. The summed E-state index contributed by atoms with van der Waals surface area (Å²) >= 11 is 1.61. The van der Waals surface area contributed by atoms with Crippen LogP contribution in [0.1, 0.15) is 37.7 Å². The smallest absolute Gasteiger partial charge is 0.269 e. The number of rotatable bonds is 4. The van der Waals surface area contributed by atoms with Crippen LogP contribution in [0, 0.1) is 23.0 Å². The van der Waals surface area contributed by atoms with Gasteiger partial charge in [-0.2, -0.15) is 0 Å². The largest absolute Gasteiger partial charge is 0.323 e. The molecule has 1 heterocycles. The molecule has 0 spiro atoms. The molecule has 122 valence electrons. The third-order valence-electron chi connectivity index (χ3n) is 4.45. The van der Waals surface area contributed by atoms with Gasteiger partial charge in [-0.25, -0.2) is 4.99 Å². The highest BCUT2D eigenvalue weighted by Crippen LogP contribution is 2.25. The second-order valence-corrected chi connectivity index (χ2v) is 7.05. The van der Waals surface area contributed by atoms with Crippen LogP contribution in [0.3, 0.4) is 0 Å². The van der Waals surface area contributed by atoms with Crippen molar-refractivity contribution in [1.29, 1.82) is 0 Å². The Balaban J connectivity index is 1.85. The third-order valence-corrected chi connectivity index (χ3v) is 5.24. The number of aromatic nitrogens is 1. The first kappa shape index (κ1) is 15.9. The molecule has 0 amide bonds. The lowest BCUT2D eigenvalue weighted by atomic mass is 9.89. The van der Waals surface area contributed by atoms with E-state index in [-0.39, 0.29) is 10.6 Å². The van der Waals surface area contributed by atoms with Gasteiger partial charge in [-0.3, -0.25) is 10.1 Å². The zero-order valence-electron chi connectivity index (χ0n) is 13.3. The molecular formula is C17H21N3O2S. The topological polar surface area (TPSA) is 60.4 Å². The first-order chi connectivity index (χ1) is 11.1. The average molecular weight is 331 g/mol. The molecule has 23 heavy (non-hydrogen) atoms. The van der Waals surface area contributed by atoms with Crippen LogP contribution in [0.4, 0.5) is 11.4 Å². The van der Waals surface area contributed by atoms with Crippen LogP contribution in [-0.2, 0) is 6.54 Å². The maximum atomic E-state index is 10.8. The number of nitro benzene ring substituents is 1. The van der Waals surface area contributed by atoms with Crippen LogP contribution >= 0.6 is 11.3 Å². The minimum Gasteiger partial charge on any atom is -0.323 e. The number of aryl methyl sites for hydroxylation is 1. The highest BCUT2D eigenvalue weighted by molar-refractivity contribution is 7.07. The van der Waals surface area contributed by atoms with E-state index in [0.717, 1.165) is 28.5 Å². The van der Waals surface area contributed by atoms with Crippen molar-refractivity contribution < 1.29 is 4.92 Å². The third kappa shape index (κ3) is 3.88. The van der Waals surface area contributed by atoms with E-state index < -0.39 is 0 Å². The molecule has 0 radical (unpaired) electrons. The second-order valence-electron chi connectivity index (χ2n) is 6.18. The number of thiazole rings is 1. The predicted molar refractivity (Wildman–Crippen MR) is 91.9 cm³/mol. The van der Waals surface area contributed by atoms with Crippen LogP contribution in [0.15, 0.2) is 34.8 Å². The number of benzene rings is 1. The molecule has 1 aromatic heterocycles. The molecular weight excluding hydrogens is 310 g/mol. The lowest BCUT2D eigenvalue weighted by Gasteiger charge is -2.21. The van der Waals surface area contributed by atoms with Gasteiger partial charge in [0.1, 0.15) is 0 Å². The normalized spacial score (nSPS) is 16.7. The summed E-state index contributed by atoms with van der Waals surface area (Å²) in [6.07, 6.45) is 8.74. The standard InChI is InChI=1S/C17H21N3O2S/c1-13-11-15(20(21)22)7-8-16(13)18-17-19(9-10-23-17)12-14-5-3-2-4-6-14/h7-11,14H,2-6,12H2,1H3. The van der Waals surface area contributed by atoms with E-state index in [9.17, 15) is 10.1 Å². The Morgan fingerprint density at radius 3 is 2.83 bits per heavy atom. The minimum absolute atomic E-state index is 0.114. The minimum atomic E-state index is -0.370. The van der Waals surface area contributed by atoms with E-state index in [2.05, 4.69) is 16.1 Å². The highest BCUT2D eigenvalue weighted by Gasteiger charge is 2.14. The maximum absolute atomic E-state index is 10.8. The summed E-state index contributed by atoms with van der Waals surface area (Å²) in [5.74, 6) is 0.746. The summed E-state index contributed by atoms with van der Waals surface area (Å²) in [6.45, 7) is 2.89. The van der Waals surface area contributed by atoms with Crippen LogP contribution < -0.4 is 4.80 Å². The quantitative estimate of drug-likeness (QED) is 0.608. The van der Waals surface area contributed by atoms with Crippen molar-refractivity contribution in [3.8, 4) is 0 Å². The van der Waals surface area contributed by atoms with E-state index in [4.69, 9.17) is 4.99 Å². The summed E-state index contributed by atoms with van der Waals surface area (Å²) in [7, 11) is 0. The van der Waals surface area contributed by atoms with Crippen LogP contribution in [-0.4, -0.2) is 9.49 Å². The summed E-state index contributed by atoms with van der Waals surface area (Å²) < 4.78 is 2.22.